The molecule has 146 valence electrons. The van der Waals surface area contributed by atoms with E-state index < -0.39 is 0 Å². The molecule has 0 bridgehead atoms. The zero-order valence-electron chi connectivity index (χ0n) is 16.1. The van der Waals surface area contributed by atoms with Gasteiger partial charge in [-0.05, 0) is 41.8 Å². The molecule has 0 unspecified atom stereocenters. The first-order chi connectivity index (χ1) is 13.6. The van der Waals surface area contributed by atoms with E-state index in [0.717, 1.165) is 34.2 Å². The van der Waals surface area contributed by atoms with Crippen molar-refractivity contribution in [2.45, 2.75) is 51.8 Å². The summed E-state index contributed by atoms with van der Waals surface area (Å²) in [6.45, 7) is 5.36. The maximum absolute atomic E-state index is 12.8. The van der Waals surface area contributed by atoms with Crippen molar-refractivity contribution in [1.29, 1.82) is 0 Å². The molecular weight excluding hydrogens is 388 g/mol. The van der Waals surface area contributed by atoms with Gasteiger partial charge < -0.3 is 9.64 Å². The third kappa shape index (κ3) is 4.45. The lowest BCUT2D eigenvalue weighted by Crippen LogP contribution is -2.32. The Hall–Kier alpha value is -2.18. The summed E-state index contributed by atoms with van der Waals surface area (Å²) < 4.78 is 6.04. The van der Waals surface area contributed by atoms with Gasteiger partial charge in [-0.2, -0.15) is 0 Å². The fourth-order valence-corrected chi connectivity index (χ4v) is 4.56. The van der Waals surface area contributed by atoms with Crippen LogP contribution < -0.4 is 4.74 Å². The maximum Gasteiger partial charge on any atom is 0.264 e. The van der Waals surface area contributed by atoms with Crippen molar-refractivity contribution in [3.63, 3.8) is 0 Å². The Kier molecular flexibility index (Phi) is 5.78. The number of carbonyl (C=O) groups excluding carboxylic acids is 1. The molecule has 0 radical (unpaired) electrons. The minimum atomic E-state index is 0.120. The highest BCUT2D eigenvalue weighted by atomic mass is 32.1. The number of thiazole rings is 1. The number of aromatic nitrogens is 1. The van der Waals surface area contributed by atoms with Crippen molar-refractivity contribution in [2.24, 2.45) is 0 Å². The first-order valence-corrected chi connectivity index (χ1v) is 11.4. The van der Waals surface area contributed by atoms with Crippen LogP contribution in [0.3, 0.4) is 0 Å². The van der Waals surface area contributed by atoms with Crippen molar-refractivity contribution < 1.29 is 9.53 Å². The van der Waals surface area contributed by atoms with Gasteiger partial charge in [0.05, 0.1) is 17.1 Å². The molecule has 1 aliphatic rings. The summed E-state index contributed by atoms with van der Waals surface area (Å²) in [5.74, 6) is 1.45. The minimum Gasteiger partial charge on any atom is -0.486 e. The number of hydrogen-bond acceptors (Lipinski definition) is 5. The number of ether oxygens (including phenoxy) is 1. The first kappa shape index (κ1) is 19.2. The Morgan fingerprint density at radius 2 is 2.04 bits per heavy atom. The summed E-state index contributed by atoms with van der Waals surface area (Å²) in [4.78, 5) is 20.3. The second-order valence-electron chi connectivity index (χ2n) is 7.36. The van der Waals surface area contributed by atoms with E-state index in [4.69, 9.17) is 9.72 Å². The molecule has 1 aliphatic carbocycles. The van der Waals surface area contributed by atoms with Gasteiger partial charge in [0.2, 0.25) is 0 Å². The van der Waals surface area contributed by atoms with E-state index in [0.29, 0.717) is 25.1 Å². The first-order valence-electron chi connectivity index (χ1n) is 9.61. The molecule has 1 amide bonds. The molecule has 6 heteroatoms. The lowest BCUT2D eigenvalue weighted by molar-refractivity contribution is 0.0733. The van der Waals surface area contributed by atoms with Crippen LogP contribution in [0.5, 0.6) is 5.75 Å². The van der Waals surface area contributed by atoms with Gasteiger partial charge in [0.15, 0.2) is 0 Å². The molecule has 0 saturated heterocycles. The van der Waals surface area contributed by atoms with Crippen molar-refractivity contribution in [3.8, 4) is 5.75 Å². The molecule has 0 spiro atoms. The second kappa shape index (κ2) is 8.45. The summed E-state index contributed by atoms with van der Waals surface area (Å²) in [5.41, 5.74) is 2.15. The van der Waals surface area contributed by atoms with Gasteiger partial charge in [0, 0.05) is 11.4 Å². The number of carbonyl (C=O) groups is 1. The van der Waals surface area contributed by atoms with Gasteiger partial charge in [0.1, 0.15) is 17.4 Å². The van der Waals surface area contributed by atoms with Crippen molar-refractivity contribution in [3.05, 3.63) is 68.3 Å². The average Bonchev–Trinajstić information content (AvgIpc) is 3.20. The van der Waals surface area contributed by atoms with Gasteiger partial charge in [-0.3, -0.25) is 4.79 Å². The normalized spacial score (nSPS) is 13.7. The highest BCUT2D eigenvalue weighted by molar-refractivity contribution is 7.12. The number of hydrogen-bond donors (Lipinski definition) is 0. The molecule has 4 rings (SSSR count). The van der Waals surface area contributed by atoms with Crippen LogP contribution in [0.15, 0.2) is 47.2 Å². The Balaban J connectivity index is 1.41. The molecule has 3 aromatic rings. The predicted molar refractivity (Wildman–Crippen MR) is 114 cm³/mol. The van der Waals surface area contributed by atoms with E-state index in [2.05, 4.69) is 19.9 Å². The van der Waals surface area contributed by atoms with Crippen LogP contribution >= 0.6 is 22.7 Å². The van der Waals surface area contributed by atoms with Crippen LogP contribution in [0.2, 0.25) is 0 Å². The largest absolute Gasteiger partial charge is 0.486 e. The highest BCUT2D eigenvalue weighted by Crippen LogP contribution is 2.31. The van der Waals surface area contributed by atoms with Crippen molar-refractivity contribution >= 4 is 28.6 Å². The van der Waals surface area contributed by atoms with E-state index in [1.165, 1.54) is 16.9 Å². The molecule has 0 atom stereocenters. The van der Waals surface area contributed by atoms with Crippen LogP contribution in [-0.4, -0.2) is 21.8 Å². The third-order valence-electron chi connectivity index (χ3n) is 4.80. The summed E-state index contributed by atoms with van der Waals surface area (Å²) in [5, 5.41) is 4.93. The van der Waals surface area contributed by atoms with Crippen LogP contribution in [0.25, 0.3) is 0 Å². The number of thiophene rings is 1. The Morgan fingerprint density at radius 3 is 2.75 bits per heavy atom. The predicted octanol–water partition coefficient (Wildman–Crippen LogP) is 5.71. The van der Waals surface area contributed by atoms with Crippen LogP contribution in [0.4, 0.5) is 0 Å². The molecule has 2 aromatic heterocycles. The molecular formula is C22H24N2O2S2. The van der Waals surface area contributed by atoms with E-state index in [1.807, 2.05) is 46.0 Å². The fraction of sp³-hybridized carbons (Fsp3) is 0.364. The van der Waals surface area contributed by atoms with Crippen LogP contribution in [0, 0.1) is 0 Å². The fourth-order valence-electron chi connectivity index (χ4n) is 3.19. The zero-order chi connectivity index (χ0) is 19.5. The van der Waals surface area contributed by atoms with E-state index in [1.54, 1.807) is 11.3 Å². The Labute approximate surface area is 173 Å². The minimum absolute atomic E-state index is 0.120. The number of nitrogens with zero attached hydrogens (tertiary/aromatic N) is 2. The van der Waals surface area contributed by atoms with Gasteiger partial charge >= 0.3 is 0 Å². The molecule has 1 aromatic carbocycles. The number of benzene rings is 1. The quantitative estimate of drug-likeness (QED) is 0.476. The molecule has 0 N–H and O–H groups in total. The number of amides is 1. The molecule has 2 heterocycles. The SMILES string of the molecule is CC(C)c1ccccc1OCc1nc(CN(C(=O)c2cccs2)C2CC2)cs1. The highest BCUT2D eigenvalue weighted by Gasteiger charge is 2.33. The van der Waals surface area contributed by atoms with E-state index in [-0.39, 0.29) is 5.91 Å². The van der Waals surface area contributed by atoms with Gasteiger partial charge in [-0.1, -0.05) is 38.1 Å². The lowest BCUT2D eigenvalue weighted by atomic mass is 10.0. The van der Waals surface area contributed by atoms with Crippen molar-refractivity contribution in [1.82, 2.24) is 9.88 Å². The van der Waals surface area contributed by atoms with E-state index in [9.17, 15) is 4.79 Å². The number of rotatable bonds is 8. The summed E-state index contributed by atoms with van der Waals surface area (Å²) >= 11 is 3.10. The lowest BCUT2D eigenvalue weighted by Gasteiger charge is -2.20. The van der Waals surface area contributed by atoms with Crippen LogP contribution in [0.1, 0.15) is 58.5 Å². The molecule has 1 fully saturated rings. The smallest absolute Gasteiger partial charge is 0.264 e. The van der Waals surface area contributed by atoms with E-state index >= 15 is 0 Å². The topological polar surface area (TPSA) is 42.4 Å². The summed E-state index contributed by atoms with van der Waals surface area (Å²) in [6, 6.07) is 12.3. The van der Waals surface area contributed by atoms with Crippen LogP contribution in [-0.2, 0) is 13.2 Å². The maximum atomic E-state index is 12.8. The molecule has 4 nitrogen and oxygen atoms in total. The summed E-state index contributed by atoms with van der Waals surface area (Å²) in [7, 11) is 0. The monoisotopic (exact) mass is 412 g/mol. The molecule has 0 aliphatic heterocycles. The van der Waals surface area contributed by atoms with Gasteiger partial charge in [0.25, 0.3) is 5.91 Å². The van der Waals surface area contributed by atoms with Gasteiger partial charge in [-0.15, -0.1) is 22.7 Å². The van der Waals surface area contributed by atoms with Gasteiger partial charge in [-0.25, -0.2) is 4.98 Å². The zero-order valence-corrected chi connectivity index (χ0v) is 17.8. The average molecular weight is 413 g/mol. The van der Waals surface area contributed by atoms with Crippen molar-refractivity contribution in [2.75, 3.05) is 0 Å². The molecule has 1 saturated carbocycles. The second-order valence-corrected chi connectivity index (χ2v) is 9.25. The Morgan fingerprint density at radius 1 is 1.21 bits per heavy atom. The molecule has 28 heavy (non-hydrogen) atoms. The summed E-state index contributed by atoms with van der Waals surface area (Å²) in [6.07, 6.45) is 2.17. The Bertz CT molecular complexity index is 930. The standard InChI is InChI=1S/C22H24N2O2S2/c1-15(2)18-6-3-4-7-19(18)26-13-21-23-16(14-28-21)12-24(17-9-10-17)22(25)20-8-5-11-27-20/h3-8,11,14-15,17H,9-10,12-13H2,1-2H3. The number of para-hydroxylation sites is 1. The third-order valence-corrected chi connectivity index (χ3v) is 6.53.